The van der Waals surface area contributed by atoms with E-state index in [1.165, 1.54) is 6.07 Å². The lowest BCUT2D eigenvalue weighted by Crippen LogP contribution is -2.39. The second-order valence-electron chi connectivity index (χ2n) is 4.28. The molecule has 2 amide bonds. The van der Waals surface area contributed by atoms with Crippen LogP contribution in [0.2, 0.25) is 0 Å². The number of hydrogen-bond donors (Lipinski definition) is 2. The van der Waals surface area contributed by atoms with Gasteiger partial charge in [0.1, 0.15) is 0 Å². The summed E-state index contributed by atoms with van der Waals surface area (Å²) in [7, 11) is 0. The fourth-order valence-electron chi connectivity index (χ4n) is 1.97. The topological polar surface area (TPSA) is 75.6 Å². The molecule has 0 radical (unpaired) electrons. The second-order valence-corrected chi connectivity index (χ2v) is 4.28. The Kier molecular flexibility index (Phi) is 3.56. The lowest BCUT2D eigenvalue weighted by molar-refractivity contribution is -0.275. The monoisotopic (exact) mass is 289 g/mol. The molecule has 1 aromatic carbocycles. The zero-order valence-corrected chi connectivity index (χ0v) is 10.0. The highest BCUT2D eigenvalue weighted by molar-refractivity contribution is 6.00. The van der Waals surface area contributed by atoms with Crippen LogP contribution >= 0.6 is 0 Å². The van der Waals surface area contributed by atoms with Crippen LogP contribution in [-0.4, -0.2) is 23.3 Å². The van der Waals surface area contributed by atoms with Gasteiger partial charge in [-0.25, -0.2) is 0 Å². The standard InChI is InChI=1S/C12H10F3NO4/c13-12(14,15)20-9-3-1-6(5-8(9)17)7-2-4-10(18)16-11(7)19/h1,3,5,7,17H,2,4H2,(H,16,18,19). The normalized spacial score (nSPS) is 19.6. The highest BCUT2D eigenvalue weighted by Gasteiger charge is 2.33. The minimum Gasteiger partial charge on any atom is -0.504 e. The predicted octanol–water partition coefficient (Wildman–Crippen LogP) is 1.81. The first kappa shape index (κ1) is 14.2. The smallest absolute Gasteiger partial charge is 0.504 e. The summed E-state index contributed by atoms with van der Waals surface area (Å²) in [6.07, 6.45) is -4.53. The number of carbonyl (C=O) groups is 2. The van der Waals surface area contributed by atoms with E-state index >= 15 is 0 Å². The molecular weight excluding hydrogens is 279 g/mol. The molecule has 1 heterocycles. The molecule has 108 valence electrons. The Morgan fingerprint density at radius 3 is 2.55 bits per heavy atom. The molecule has 20 heavy (non-hydrogen) atoms. The molecule has 0 aliphatic carbocycles. The van der Waals surface area contributed by atoms with E-state index in [-0.39, 0.29) is 12.8 Å². The first-order valence-corrected chi connectivity index (χ1v) is 5.68. The predicted molar refractivity (Wildman–Crippen MR) is 59.9 cm³/mol. The minimum atomic E-state index is -4.91. The fourth-order valence-corrected chi connectivity index (χ4v) is 1.97. The maximum atomic E-state index is 12.0. The summed E-state index contributed by atoms with van der Waals surface area (Å²) in [6.45, 7) is 0. The minimum absolute atomic E-state index is 0.137. The number of alkyl halides is 3. The van der Waals surface area contributed by atoms with Gasteiger partial charge in [0, 0.05) is 6.42 Å². The lowest BCUT2D eigenvalue weighted by atomic mass is 9.90. The molecule has 1 atom stereocenters. The van der Waals surface area contributed by atoms with Crippen LogP contribution in [0.4, 0.5) is 13.2 Å². The number of amides is 2. The van der Waals surface area contributed by atoms with E-state index in [9.17, 15) is 27.9 Å². The molecule has 1 aliphatic heterocycles. The number of benzene rings is 1. The number of ether oxygens (including phenoxy) is 1. The first-order valence-electron chi connectivity index (χ1n) is 5.68. The van der Waals surface area contributed by atoms with Crippen molar-refractivity contribution in [2.24, 2.45) is 0 Å². The highest BCUT2D eigenvalue weighted by atomic mass is 19.4. The number of halogens is 3. The molecular formula is C12H10F3NO4. The van der Waals surface area contributed by atoms with Crippen LogP contribution in [0, 0.1) is 0 Å². The summed E-state index contributed by atoms with van der Waals surface area (Å²) in [5.41, 5.74) is 0.321. The molecule has 0 spiro atoms. The molecule has 8 heteroatoms. The van der Waals surface area contributed by atoms with Crippen molar-refractivity contribution < 1.29 is 32.6 Å². The maximum absolute atomic E-state index is 12.0. The summed E-state index contributed by atoms with van der Waals surface area (Å²) in [5, 5.41) is 11.6. The number of piperidine rings is 1. The van der Waals surface area contributed by atoms with Crippen molar-refractivity contribution in [3.8, 4) is 11.5 Å². The summed E-state index contributed by atoms with van der Waals surface area (Å²) < 4.78 is 39.8. The van der Waals surface area contributed by atoms with Gasteiger partial charge in [-0.3, -0.25) is 14.9 Å². The average Bonchev–Trinajstić information content (AvgIpc) is 2.30. The molecule has 1 aliphatic rings. The van der Waals surface area contributed by atoms with E-state index in [1.54, 1.807) is 0 Å². The van der Waals surface area contributed by atoms with Gasteiger partial charge in [0.25, 0.3) is 0 Å². The molecule has 5 nitrogen and oxygen atoms in total. The number of phenols is 1. The zero-order chi connectivity index (χ0) is 14.9. The van der Waals surface area contributed by atoms with Gasteiger partial charge < -0.3 is 9.84 Å². The third kappa shape index (κ3) is 3.19. The highest BCUT2D eigenvalue weighted by Crippen LogP contribution is 2.35. The second kappa shape index (κ2) is 5.03. The van der Waals surface area contributed by atoms with Gasteiger partial charge >= 0.3 is 6.36 Å². The van der Waals surface area contributed by atoms with Gasteiger partial charge in [-0.1, -0.05) is 6.07 Å². The summed E-state index contributed by atoms with van der Waals surface area (Å²) in [5.74, 6) is -3.07. The Morgan fingerprint density at radius 1 is 1.30 bits per heavy atom. The lowest BCUT2D eigenvalue weighted by Gasteiger charge is -2.21. The van der Waals surface area contributed by atoms with Gasteiger partial charge in [0.2, 0.25) is 11.8 Å². The van der Waals surface area contributed by atoms with Gasteiger partial charge in [-0.2, -0.15) is 0 Å². The van der Waals surface area contributed by atoms with E-state index in [0.717, 1.165) is 12.1 Å². The Balaban J connectivity index is 2.21. The third-order valence-corrected chi connectivity index (χ3v) is 2.85. The number of phenolic OH excluding ortho intramolecular Hbond substituents is 1. The summed E-state index contributed by atoms with van der Waals surface area (Å²) in [6, 6.07) is 3.21. The van der Waals surface area contributed by atoms with Gasteiger partial charge in [-0.05, 0) is 24.1 Å². The van der Waals surface area contributed by atoms with E-state index in [0.29, 0.717) is 5.56 Å². The molecule has 1 saturated heterocycles. The Labute approximate surface area is 111 Å². The Bertz CT molecular complexity index is 556. The van der Waals surface area contributed by atoms with Gasteiger partial charge in [0.15, 0.2) is 11.5 Å². The van der Waals surface area contributed by atoms with Crippen LogP contribution in [-0.2, 0) is 9.59 Å². The summed E-state index contributed by atoms with van der Waals surface area (Å²) in [4.78, 5) is 22.6. The number of carbonyl (C=O) groups excluding carboxylic acids is 2. The number of rotatable bonds is 2. The van der Waals surface area contributed by atoms with Gasteiger partial charge in [-0.15, -0.1) is 13.2 Å². The van der Waals surface area contributed by atoms with Crippen LogP contribution in [0.25, 0.3) is 0 Å². The van der Waals surface area contributed by atoms with Gasteiger partial charge in [0.05, 0.1) is 5.92 Å². The van der Waals surface area contributed by atoms with Crippen LogP contribution in [0.1, 0.15) is 24.3 Å². The van der Waals surface area contributed by atoms with Crippen molar-refractivity contribution in [1.82, 2.24) is 5.32 Å². The number of aromatic hydroxyl groups is 1. The maximum Gasteiger partial charge on any atom is 0.573 e. The quantitative estimate of drug-likeness (QED) is 0.814. The zero-order valence-electron chi connectivity index (χ0n) is 10.0. The van der Waals surface area contributed by atoms with Crippen molar-refractivity contribution in [2.75, 3.05) is 0 Å². The van der Waals surface area contributed by atoms with Crippen LogP contribution in [0.15, 0.2) is 18.2 Å². The Hall–Kier alpha value is -2.25. The van der Waals surface area contributed by atoms with E-state index in [4.69, 9.17) is 0 Å². The molecule has 0 bridgehead atoms. The third-order valence-electron chi connectivity index (χ3n) is 2.85. The van der Waals surface area contributed by atoms with E-state index in [1.807, 2.05) is 0 Å². The van der Waals surface area contributed by atoms with Crippen molar-refractivity contribution in [2.45, 2.75) is 25.1 Å². The van der Waals surface area contributed by atoms with E-state index < -0.39 is 35.6 Å². The summed E-state index contributed by atoms with van der Waals surface area (Å²) >= 11 is 0. The number of nitrogens with one attached hydrogen (secondary N) is 1. The number of imide groups is 1. The largest absolute Gasteiger partial charge is 0.573 e. The molecule has 2 N–H and O–H groups in total. The number of hydrogen-bond acceptors (Lipinski definition) is 4. The molecule has 1 fully saturated rings. The molecule has 1 unspecified atom stereocenters. The average molecular weight is 289 g/mol. The molecule has 0 saturated carbocycles. The fraction of sp³-hybridized carbons (Fsp3) is 0.333. The first-order chi connectivity index (χ1) is 9.26. The van der Waals surface area contributed by atoms with Crippen molar-refractivity contribution in [3.63, 3.8) is 0 Å². The van der Waals surface area contributed by atoms with Crippen LogP contribution in [0.3, 0.4) is 0 Å². The van der Waals surface area contributed by atoms with Crippen molar-refractivity contribution in [3.05, 3.63) is 23.8 Å². The van der Waals surface area contributed by atoms with Crippen LogP contribution in [0.5, 0.6) is 11.5 Å². The molecule has 1 aromatic rings. The SMILES string of the molecule is O=C1CCC(c2ccc(OC(F)(F)F)c(O)c2)C(=O)N1. The van der Waals surface area contributed by atoms with Crippen LogP contribution < -0.4 is 10.1 Å². The van der Waals surface area contributed by atoms with Crippen molar-refractivity contribution >= 4 is 11.8 Å². The van der Waals surface area contributed by atoms with E-state index in [2.05, 4.69) is 10.1 Å². The van der Waals surface area contributed by atoms with Crippen molar-refractivity contribution in [1.29, 1.82) is 0 Å². The Morgan fingerprint density at radius 2 is 2.00 bits per heavy atom. The molecule has 0 aromatic heterocycles. The molecule has 2 rings (SSSR count).